The molecule has 2 atom stereocenters. The van der Waals surface area contributed by atoms with Crippen LogP contribution in [0.25, 0.3) is 10.9 Å². The topological polar surface area (TPSA) is 78.3 Å². The summed E-state index contributed by atoms with van der Waals surface area (Å²) in [6.07, 6.45) is 4.12. The highest BCUT2D eigenvalue weighted by Crippen LogP contribution is 2.30. The van der Waals surface area contributed by atoms with Gasteiger partial charge in [-0.2, -0.15) is 0 Å². The molecule has 0 radical (unpaired) electrons. The molecule has 29 heavy (non-hydrogen) atoms. The number of anilines is 1. The quantitative estimate of drug-likeness (QED) is 0.712. The van der Waals surface area contributed by atoms with E-state index in [1.807, 2.05) is 25.2 Å². The Morgan fingerprint density at radius 3 is 2.76 bits per heavy atom. The van der Waals surface area contributed by atoms with Crippen molar-refractivity contribution in [3.05, 3.63) is 48.3 Å². The minimum atomic E-state index is -0.244. The number of amides is 1. The van der Waals surface area contributed by atoms with E-state index >= 15 is 0 Å². The van der Waals surface area contributed by atoms with Crippen molar-refractivity contribution in [3.63, 3.8) is 0 Å². The Balaban J connectivity index is 1.47. The van der Waals surface area contributed by atoms with Crippen molar-refractivity contribution < 1.29 is 14.3 Å². The molecule has 1 aliphatic heterocycles. The Morgan fingerprint density at radius 1 is 1.24 bits per heavy atom. The largest absolute Gasteiger partial charge is 0.476 e. The van der Waals surface area contributed by atoms with E-state index in [4.69, 9.17) is 9.47 Å². The number of hydrogen-bond acceptors (Lipinski definition) is 5. The predicted octanol–water partition coefficient (Wildman–Crippen LogP) is 3.80. The van der Waals surface area contributed by atoms with Crippen LogP contribution in [0.4, 0.5) is 5.69 Å². The van der Waals surface area contributed by atoms with Gasteiger partial charge in [0.05, 0.1) is 29.7 Å². The fourth-order valence-electron chi connectivity index (χ4n) is 3.98. The molecule has 152 valence electrons. The predicted molar refractivity (Wildman–Crippen MR) is 111 cm³/mol. The van der Waals surface area contributed by atoms with Crippen LogP contribution in [0.15, 0.2) is 42.6 Å². The number of benzene rings is 1. The van der Waals surface area contributed by atoms with E-state index in [9.17, 15) is 4.79 Å². The van der Waals surface area contributed by atoms with Crippen molar-refractivity contribution in [1.29, 1.82) is 0 Å². The first kappa shape index (κ1) is 19.4. The second-order valence-corrected chi connectivity index (χ2v) is 7.74. The molecule has 3 heterocycles. The smallest absolute Gasteiger partial charge is 0.274 e. The molecule has 1 saturated heterocycles. The molecular formula is C22H26N4O3. The van der Waals surface area contributed by atoms with E-state index in [0.717, 1.165) is 23.7 Å². The van der Waals surface area contributed by atoms with Gasteiger partial charge in [0, 0.05) is 18.9 Å². The van der Waals surface area contributed by atoms with Crippen LogP contribution in [-0.2, 0) is 11.8 Å². The number of nitrogens with one attached hydrogen (secondary N) is 1. The summed E-state index contributed by atoms with van der Waals surface area (Å²) in [5.74, 6) is 0.839. The number of carbonyl (C=O) groups excluding carboxylic acids is 1. The lowest BCUT2D eigenvalue weighted by molar-refractivity contribution is -0.0594. The Kier molecular flexibility index (Phi) is 5.49. The van der Waals surface area contributed by atoms with Crippen molar-refractivity contribution in [2.24, 2.45) is 13.0 Å². The molecule has 0 bridgehead atoms. The fourth-order valence-corrected chi connectivity index (χ4v) is 3.98. The summed E-state index contributed by atoms with van der Waals surface area (Å²) in [4.78, 5) is 16.4. The zero-order chi connectivity index (χ0) is 20.4. The molecule has 1 aromatic carbocycles. The number of carbonyl (C=O) groups is 1. The minimum absolute atomic E-state index is 0.244. The van der Waals surface area contributed by atoms with E-state index < -0.39 is 0 Å². The number of rotatable bonds is 5. The molecule has 0 aliphatic carbocycles. The van der Waals surface area contributed by atoms with Gasteiger partial charge >= 0.3 is 0 Å². The maximum absolute atomic E-state index is 12.3. The van der Waals surface area contributed by atoms with Gasteiger partial charge in [0.25, 0.3) is 5.91 Å². The highest BCUT2D eigenvalue weighted by Gasteiger charge is 2.25. The lowest BCUT2D eigenvalue weighted by atomic mass is 9.93. The molecule has 0 saturated carbocycles. The summed E-state index contributed by atoms with van der Waals surface area (Å²) in [5, 5.41) is 8.34. The van der Waals surface area contributed by atoms with Crippen molar-refractivity contribution in [3.8, 4) is 5.88 Å². The SMILES string of the molecule is CC1CC(COc2nn(C)c3cc(NC(=O)c4ccccn4)ccc23)CC(C)O1. The fraction of sp³-hybridized carbons (Fsp3) is 0.409. The van der Waals surface area contributed by atoms with Crippen molar-refractivity contribution >= 4 is 22.5 Å². The Labute approximate surface area is 170 Å². The van der Waals surface area contributed by atoms with Crippen LogP contribution >= 0.6 is 0 Å². The van der Waals surface area contributed by atoms with Gasteiger partial charge in [-0.25, -0.2) is 0 Å². The van der Waals surface area contributed by atoms with Gasteiger partial charge in [0.15, 0.2) is 0 Å². The molecule has 4 rings (SSSR count). The molecule has 7 heteroatoms. The zero-order valence-electron chi connectivity index (χ0n) is 17.0. The average Bonchev–Trinajstić information content (AvgIpc) is 3.01. The number of aromatic nitrogens is 3. The maximum atomic E-state index is 12.3. The minimum Gasteiger partial charge on any atom is -0.476 e. The first-order valence-corrected chi connectivity index (χ1v) is 9.97. The third-order valence-electron chi connectivity index (χ3n) is 5.22. The summed E-state index contributed by atoms with van der Waals surface area (Å²) in [7, 11) is 1.87. The van der Waals surface area contributed by atoms with Crippen LogP contribution in [0.5, 0.6) is 5.88 Å². The molecule has 3 aromatic rings. The second-order valence-electron chi connectivity index (χ2n) is 7.74. The number of nitrogens with zero attached hydrogens (tertiary/aromatic N) is 3. The number of hydrogen-bond donors (Lipinski definition) is 1. The lowest BCUT2D eigenvalue weighted by Crippen LogP contribution is -2.32. The second kappa shape index (κ2) is 8.21. The van der Waals surface area contributed by atoms with Crippen LogP contribution in [-0.4, -0.2) is 39.5 Å². The van der Waals surface area contributed by atoms with Gasteiger partial charge in [-0.1, -0.05) is 6.07 Å². The summed E-state index contributed by atoms with van der Waals surface area (Å²) >= 11 is 0. The average molecular weight is 394 g/mol. The molecule has 2 unspecified atom stereocenters. The maximum Gasteiger partial charge on any atom is 0.274 e. The summed E-state index contributed by atoms with van der Waals surface area (Å²) < 4.78 is 13.7. The van der Waals surface area contributed by atoms with Crippen molar-refractivity contribution in [1.82, 2.24) is 14.8 Å². The Morgan fingerprint density at radius 2 is 2.03 bits per heavy atom. The van der Waals surface area contributed by atoms with Crippen LogP contribution in [0.1, 0.15) is 37.2 Å². The third-order valence-corrected chi connectivity index (χ3v) is 5.22. The Bertz CT molecular complexity index is 992. The van der Waals surface area contributed by atoms with Gasteiger partial charge < -0.3 is 14.8 Å². The first-order valence-electron chi connectivity index (χ1n) is 9.97. The van der Waals surface area contributed by atoms with E-state index in [1.54, 1.807) is 29.1 Å². The molecule has 1 aliphatic rings. The zero-order valence-corrected chi connectivity index (χ0v) is 17.0. The van der Waals surface area contributed by atoms with Crippen LogP contribution in [0, 0.1) is 5.92 Å². The molecule has 2 aromatic heterocycles. The molecule has 1 amide bonds. The van der Waals surface area contributed by atoms with E-state index in [-0.39, 0.29) is 18.1 Å². The number of ether oxygens (including phenoxy) is 2. The standard InChI is InChI=1S/C22H26N4O3/c1-14-10-16(11-15(2)29-14)13-28-22-18-8-7-17(12-20(18)26(3)25-22)24-21(27)19-6-4-5-9-23-19/h4-9,12,14-16H,10-11,13H2,1-3H3,(H,24,27). The molecule has 1 N–H and O–H groups in total. The monoisotopic (exact) mass is 394 g/mol. The number of fused-ring (bicyclic) bond motifs is 1. The van der Waals surface area contributed by atoms with Crippen LogP contribution < -0.4 is 10.1 Å². The van der Waals surface area contributed by atoms with E-state index in [1.165, 1.54) is 0 Å². The highest BCUT2D eigenvalue weighted by molar-refractivity contribution is 6.03. The van der Waals surface area contributed by atoms with Gasteiger partial charge in [0.1, 0.15) is 5.69 Å². The van der Waals surface area contributed by atoms with Crippen molar-refractivity contribution in [2.75, 3.05) is 11.9 Å². The summed E-state index contributed by atoms with van der Waals surface area (Å²) in [5.41, 5.74) is 1.96. The first-order chi connectivity index (χ1) is 14.0. The molecular weight excluding hydrogens is 368 g/mol. The summed E-state index contributed by atoms with van der Waals surface area (Å²) in [6.45, 7) is 4.85. The highest BCUT2D eigenvalue weighted by atomic mass is 16.5. The normalized spacial score (nSPS) is 21.8. The molecule has 0 spiro atoms. The third kappa shape index (κ3) is 4.40. The molecule has 1 fully saturated rings. The summed E-state index contributed by atoms with van der Waals surface area (Å²) in [6, 6.07) is 10.9. The lowest BCUT2D eigenvalue weighted by Gasteiger charge is -2.31. The van der Waals surface area contributed by atoms with Crippen LogP contribution in [0.3, 0.4) is 0 Å². The molecule has 7 nitrogen and oxygen atoms in total. The van der Waals surface area contributed by atoms with Gasteiger partial charge in [-0.15, -0.1) is 5.10 Å². The van der Waals surface area contributed by atoms with Crippen molar-refractivity contribution in [2.45, 2.75) is 38.9 Å². The van der Waals surface area contributed by atoms with Gasteiger partial charge in [0.2, 0.25) is 5.88 Å². The number of aryl methyl sites for hydroxylation is 1. The van der Waals surface area contributed by atoms with Gasteiger partial charge in [-0.05, 0) is 62.9 Å². The van der Waals surface area contributed by atoms with E-state index in [0.29, 0.717) is 29.8 Å². The van der Waals surface area contributed by atoms with E-state index in [2.05, 4.69) is 29.2 Å². The van der Waals surface area contributed by atoms with Gasteiger partial charge in [-0.3, -0.25) is 14.5 Å². The number of pyridine rings is 1. The Hall–Kier alpha value is -2.93. The van der Waals surface area contributed by atoms with Crippen LogP contribution in [0.2, 0.25) is 0 Å².